The van der Waals surface area contributed by atoms with Gasteiger partial charge in [-0.05, 0) is 38.3 Å². The highest BCUT2D eigenvalue weighted by Crippen LogP contribution is 2.11. The topological polar surface area (TPSA) is 52.6 Å². The van der Waals surface area contributed by atoms with Crippen LogP contribution in [0.5, 0.6) is 0 Å². The summed E-state index contributed by atoms with van der Waals surface area (Å²) >= 11 is 0. The average molecular weight is 433 g/mol. The van der Waals surface area contributed by atoms with Crippen molar-refractivity contribution in [2.45, 2.75) is 41.2 Å². The van der Waals surface area contributed by atoms with E-state index in [1.807, 2.05) is 6.20 Å². The van der Waals surface area contributed by atoms with E-state index in [2.05, 4.69) is 72.3 Å². The summed E-state index contributed by atoms with van der Waals surface area (Å²) in [4.78, 5) is 11.4. The number of halogens is 1. The van der Waals surface area contributed by atoms with Crippen LogP contribution in [0.25, 0.3) is 0 Å². The Morgan fingerprint density at radius 3 is 2.35 bits per heavy atom. The molecule has 1 aromatic heterocycles. The fraction of sp³-hybridized carbons (Fsp3) is 0.647. The van der Waals surface area contributed by atoms with Crippen molar-refractivity contribution in [1.29, 1.82) is 0 Å². The van der Waals surface area contributed by atoms with E-state index in [1.54, 1.807) is 0 Å². The summed E-state index contributed by atoms with van der Waals surface area (Å²) in [5, 5.41) is 6.61. The van der Waals surface area contributed by atoms with Crippen LogP contribution in [0.4, 0.5) is 5.82 Å². The molecule has 0 spiro atoms. The van der Waals surface area contributed by atoms with Crippen molar-refractivity contribution < 1.29 is 0 Å². The van der Waals surface area contributed by atoms with Crippen molar-refractivity contribution in [1.82, 2.24) is 15.6 Å². The lowest BCUT2D eigenvalue weighted by Gasteiger charge is -2.19. The van der Waals surface area contributed by atoms with Crippen molar-refractivity contribution in [2.24, 2.45) is 10.9 Å². The van der Waals surface area contributed by atoms with Crippen LogP contribution in [0.15, 0.2) is 23.3 Å². The lowest BCUT2D eigenvalue weighted by molar-refractivity contribution is 0.615. The molecule has 0 aliphatic carbocycles. The first kappa shape index (κ1) is 21.9. The number of nitrogens with one attached hydrogen (secondary N) is 2. The summed E-state index contributed by atoms with van der Waals surface area (Å²) in [6, 6.07) is 4.18. The SMILES string of the molecule is CCNC(=NCc1ccc(N(CC)CC)nc1)NCC(C)C.I. The van der Waals surface area contributed by atoms with Gasteiger partial charge < -0.3 is 15.5 Å². The Morgan fingerprint density at radius 2 is 1.87 bits per heavy atom. The highest BCUT2D eigenvalue weighted by Gasteiger charge is 2.03. The third-order valence-electron chi connectivity index (χ3n) is 3.34. The van der Waals surface area contributed by atoms with Crippen molar-refractivity contribution in [3.05, 3.63) is 23.9 Å². The zero-order valence-corrected chi connectivity index (χ0v) is 17.4. The van der Waals surface area contributed by atoms with Gasteiger partial charge in [0.05, 0.1) is 6.54 Å². The third kappa shape index (κ3) is 8.39. The summed E-state index contributed by atoms with van der Waals surface area (Å²) in [5.41, 5.74) is 1.12. The van der Waals surface area contributed by atoms with E-state index in [4.69, 9.17) is 0 Å². The van der Waals surface area contributed by atoms with Crippen molar-refractivity contribution in [2.75, 3.05) is 31.1 Å². The normalized spacial score (nSPS) is 11.1. The fourth-order valence-corrected chi connectivity index (χ4v) is 2.06. The van der Waals surface area contributed by atoms with Crippen LogP contribution in [-0.2, 0) is 6.54 Å². The molecule has 1 aromatic rings. The van der Waals surface area contributed by atoms with Gasteiger partial charge in [0.25, 0.3) is 0 Å². The number of rotatable bonds is 8. The minimum absolute atomic E-state index is 0. The Labute approximate surface area is 158 Å². The lowest BCUT2D eigenvalue weighted by atomic mass is 10.2. The fourth-order valence-electron chi connectivity index (χ4n) is 2.06. The van der Waals surface area contributed by atoms with Crippen LogP contribution in [0.3, 0.4) is 0 Å². The summed E-state index contributed by atoms with van der Waals surface area (Å²) in [5.74, 6) is 2.49. The maximum absolute atomic E-state index is 4.61. The molecular weight excluding hydrogens is 401 g/mol. The molecule has 2 N–H and O–H groups in total. The first-order valence-corrected chi connectivity index (χ1v) is 8.32. The Morgan fingerprint density at radius 1 is 1.17 bits per heavy atom. The summed E-state index contributed by atoms with van der Waals surface area (Å²) in [7, 11) is 0. The minimum Gasteiger partial charge on any atom is -0.357 e. The van der Waals surface area contributed by atoms with Gasteiger partial charge >= 0.3 is 0 Å². The minimum atomic E-state index is 0. The number of aromatic nitrogens is 1. The van der Waals surface area contributed by atoms with E-state index in [0.717, 1.165) is 43.5 Å². The summed E-state index contributed by atoms with van der Waals surface area (Å²) < 4.78 is 0. The molecule has 0 unspecified atom stereocenters. The van der Waals surface area contributed by atoms with Gasteiger partial charge in [-0.3, -0.25) is 0 Å². The van der Waals surface area contributed by atoms with E-state index in [1.165, 1.54) is 0 Å². The molecule has 6 heteroatoms. The number of pyridine rings is 1. The summed E-state index contributed by atoms with van der Waals surface area (Å²) in [6.07, 6.45) is 1.92. The standard InChI is InChI=1S/C17H31N5.HI/c1-6-18-17(20-11-14(4)5)21-13-15-9-10-16(19-12-15)22(7-2)8-3;/h9-10,12,14H,6-8,11,13H2,1-5H3,(H2,18,20,21);1H. The van der Waals surface area contributed by atoms with E-state index in [0.29, 0.717) is 12.5 Å². The van der Waals surface area contributed by atoms with E-state index in [-0.39, 0.29) is 24.0 Å². The summed E-state index contributed by atoms with van der Waals surface area (Å²) in [6.45, 7) is 15.1. The first-order chi connectivity index (χ1) is 10.6. The zero-order chi connectivity index (χ0) is 16.4. The molecule has 1 rings (SSSR count). The average Bonchev–Trinajstić information content (AvgIpc) is 2.52. The molecule has 0 atom stereocenters. The van der Waals surface area contributed by atoms with Gasteiger partial charge in [0.2, 0.25) is 0 Å². The molecule has 0 aliphatic rings. The molecular formula is C17H32IN5. The molecule has 0 aliphatic heterocycles. The van der Waals surface area contributed by atoms with Gasteiger partial charge in [0.1, 0.15) is 5.82 Å². The highest BCUT2D eigenvalue weighted by atomic mass is 127. The maximum Gasteiger partial charge on any atom is 0.191 e. The Bertz CT molecular complexity index is 441. The van der Waals surface area contributed by atoms with Gasteiger partial charge in [-0.15, -0.1) is 24.0 Å². The predicted molar refractivity (Wildman–Crippen MR) is 111 cm³/mol. The number of aliphatic imine (C=N–C) groups is 1. The van der Waals surface area contributed by atoms with Crippen molar-refractivity contribution in [3.8, 4) is 0 Å². The van der Waals surface area contributed by atoms with Gasteiger partial charge in [-0.25, -0.2) is 9.98 Å². The Hall–Kier alpha value is -1.05. The van der Waals surface area contributed by atoms with Crippen LogP contribution in [0, 0.1) is 5.92 Å². The van der Waals surface area contributed by atoms with Crippen LogP contribution in [0.2, 0.25) is 0 Å². The number of anilines is 1. The molecule has 0 aromatic carbocycles. The van der Waals surface area contributed by atoms with Crippen LogP contribution in [-0.4, -0.2) is 37.1 Å². The molecule has 23 heavy (non-hydrogen) atoms. The molecule has 0 saturated heterocycles. The maximum atomic E-state index is 4.61. The van der Waals surface area contributed by atoms with Gasteiger partial charge in [-0.2, -0.15) is 0 Å². The largest absolute Gasteiger partial charge is 0.357 e. The molecule has 1 heterocycles. The van der Waals surface area contributed by atoms with Crippen LogP contribution < -0.4 is 15.5 Å². The lowest BCUT2D eigenvalue weighted by Crippen LogP contribution is -2.39. The number of guanidine groups is 1. The number of nitrogens with zero attached hydrogens (tertiary/aromatic N) is 3. The number of hydrogen-bond acceptors (Lipinski definition) is 3. The molecule has 0 bridgehead atoms. The van der Waals surface area contributed by atoms with E-state index < -0.39 is 0 Å². The second kappa shape index (κ2) is 12.4. The van der Waals surface area contributed by atoms with Gasteiger partial charge in [0, 0.05) is 32.4 Å². The second-order valence-electron chi connectivity index (χ2n) is 5.67. The highest BCUT2D eigenvalue weighted by molar-refractivity contribution is 14.0. The monoisotopic (exact) mass is 433 g/mol. The zero-order valence-electron chi connectivity index (χ0n) is 15.1. The molecule has 0 amide bonds. The molecule has 5 nitrogen and oxygen atoms in total. The van der Waals surface area contributed by atoms with Crippen LogP contribution in [0.1, 0.15) is 40.2 Å². The van der Waals surface area contributed by atoms with Gasteiger partial charge in [0.15, 0.2) is 5.96 Å². The molecule has 0 saturated carbocycles. The van der Waals surface area contributed by atoms with E-state index >= 15 is 0 Å². The molecule has 132 valence electrons. The van der Waals surface area contributed by atoms with Crippen molar-refractivity contribution >= 4 is 35.8 Å². The third-order valence-corrected chi connectivity index (χ3v) is 3.34. The first-order valence-electron chi connectivity index (χ1n) is 8.32. The smallest absolute Gasteiger partial charge is 0.191 e. The van der Waals surface area contributed by atoms with E-state index in [9.17, 15) is 0 Å². The molecule has 0 fully saturated rings. The second-order valence-corrected chi connectivity index (χ2v) is 5.67. The molecule has 0 radical (unpaired) electrons. The van der Waals surface area contributed by atoms with Crippen LogP contribution >= 0.6 is 24.0 Å². The number of hydrogen-bond donors (Lipinski definition) is 2. The van der Waals surface area contributed by atoms with Crippen molar-refractivity contribution in [3.63, 3.8) is 0 Å². The Balaban J connectivity index is 0.00000484. The Kier molecular flexibility index (Phi) is 11.8. The van der Waals surface area contributed by atoms with Gasteiger partial charge in [-0.1, -0.05) is 19.9 Å². The predicted octanol–water partition coefficient (Wildman–Crippen LogP) is 3.26. The quantitative estimate of drug-likeness (QED) is 0.376.